The zero-order valence-corrected chi connectivity index (χ0v) is 8.96. The normalized spacial score (nSPS) is 26.4. The predicted octanol–water partition coefficient (Wildman–Crippen LogP) is 2.99. The van der Waals surface area contributed by atoms with E-state index in [0.29, 0.717) is 6.04 Å². The highest BCUT2D eigenvalue weighted by Gasteiger charge is 2.23. The number of aromatic nitrogens is 1. The molecule has 0 radical (unpaired) electrons. The van der Waals surface area contributed by atoms with Gasteiger partial charge in [0, 0.05) is 12.2 Å². The van der Waals surface area contributed by atoms with Crippen LogP contribution in [0.15, 0.2) is 18.3 Å². The summed E-state index contributed by atoms with van der Waals surface area (Å²) in [6.45, 7) is 4.39. The van der Waals surface area contributed by atoms with Crippen LogP contribution in [0.25, 0.3) is 0 Å². The molecule has 2 atom stereocenters. The number of nitrogens with zero attached hydrogens (tertiary/aromatic N) is 1. The van der Waals surface area contributed by atoms with Gasteiger partial charge in [0.05, 0.1) is 11.4 Å². The van der Waals surface area contributed by atoms with E-state index in [2.05, 4.69) is 30.2 Å². The fraction of sp³-hybridized carbons (Fsp3) is 0.583. The second-order valence-electron chi connectivity index (χ2n) is 4.30. The van der Waals surface area contributed by atoms with E-state index < -0.39 is 0 Å². The molecule has 1 heterocycles. The van der Waals surface area contributed by atoms with E-state index in [4.69, 9.17) is 0 Å². The van der Waals surface area contributed by atoms with Gasteiger partial charge in [-0.2, -0.15) is 0 Å². The molecule has 0 aliphatic heterocycles. The minimum atomic E-state index is 0.651. The van der Waals surface area contributed by atoms with Crippen molar-refractivity contribution in [3.63, 3.8) is 0 Å². The summed E-state index contributed by atoms with van der Waals surface area (Å²) in [4.78, 5) is 4.28. The lowest BCUT2D eigenvalue weighted by atomic mass is 10.1. The Kier molecular flexibility index (Phi) is 2.71. The van der Waals surface area contributed by atoms with Crippen LogP contribution in [0.4, 0.5) is 5.69 Å². The van der Waals surface area contributed by atoms with Crippen molar-refractivity contribution in [1.82, 2.24) is 4.98 Å². The molecule has 0 bridgehead atoms. The number of hydrogen-bond acceptors (Lipinski definition) is 2. The molecule has 1 aromatic rings. The molecule has 14 heavy (non-hydrogen) atoms. The highest BCUT2D eigenvalue weighted by molar-refractivity contribution is 5.47. The molecule has 2 rings (SSSR count). The van der Waals surface area contributed by atoms with E-state index in [1.807, 2.05) is 12.3 Å². The average molecular weight is 190 g/mol. The molecule has 1 N–H and O–H groups in total. The van der Waals surface area contributed by atoms with Gasteiger partial charge in [0.1, 0.15) is 0 Å². The number of pyridine rings is 1. The van der Waals surface area contributed by atoms with Gasteiger partial charge < -0.3 is 5.32 Å². The first-order chi connectivity index (χ1) is 6.77. The van der Waals surface area contributed by atoms with Crippen molar-refractivity contribution in [2.75, 3.05) is 5.32 Å². The van der Waals surface area contributed by atoms with Crippen LogP contribution < -0.4 is 5.32 Å². The fourth-order valence-electron chi connectivity index (χ4n) is 2.20. The van der Waals surface area contributed by atoms with Crippen LogP contribution >= 0.6 is 0 Å². The van der Waals surface area contributed by atoms with Crippen LogP contribution in [0.5, 0.6) is 0 Å². The Hall–Kier alpha value is -1.05. The van der Waals surface area contributed by atoms with E-state index >= 15 is 0 Å². The van der Waals surface area contributed by atoms with Crippen molar-refractivity contribution in [2.45, 2.75) is 39.2 Å². The van der Waals surface area contributed by atoms with E-state index in [1.54, 1.807) is 0 Å². The van der Waals surface area contributed by atoms with E-state index in [-0.39, 0.29) is 0 Å². The highest BCUT2D eigenvalue weighted by atomic mass is 14.9. The molecule has 2 heteroatoms. The Morgan fingerprint density at radius 3 is 2.93 bits per heavy atom. The number of aryl methyl sites for hydroxylation is 1. The van der Waals surface area contributed by atoms with Crippen molar-refractivity contribution in [1.29, 1.82) is 0 Å². The third kappa shape index (κ3) is 1.89. The summed E-state index contributed by atoms with van der Waals surface area (Å²) < 4.78 is 0. The fourth-order valence-corrected chi connectivity index (χ4v) is 2.20. The van der Waals surface area contributed by atoms with Crippen LogP contribution in [0.3, 0.4) is 0 Å². The first-order valence-corrected chi connectivity index (χ1v) is 5.45. The maximum Gasteiger partial charge on any atom is 0.0603 e. The quantitative estimate of drug-likeness (QED) is 0.775. The van der Waals surface area contributed by atoms with E-state index in [9.17, 15) is 0 Å². The topological polar surface area (TPSA) is 24.9 Å². The van der Waals surface area contributed by atoms with Crippen LogP contribution in [0, 0.1) is 12.8 Å². The molecule has 2 nitrogen and oxygen atoms in total. The second-order valence-corrected chi connectivity index (χ2v) is 4.30. The Labute approximate surface area is 85.7 Å². The van der Waals surface area contributed by atoms with E-state index in [1.165, 1.54) is 24.9 Å². The molecule has 0 amide bonds. The standard InChI is InChI=1S/C12H18N2/c1-9-5-3-6-11(9)14-12-7-4-8-13-10(12)2/h4,7-9,11,14H,3,5-6H2,1-2H3/t9-,11+/m1/s1. The summed E-state index contributed by atoms with van der Waals surface area (Å²) in [6, 6.07) is 4.76. The third-order valence-corrected chi connectivity index (χ3v) is 3.21. The lowest BCUT2D eigenvalue weighted by Crippen LogP contribution is -2.22. The molecule has 0 aromatic carbocycles. The molecule has 1 aliphatic rings. The maximum atomic E-state index is 4.28. The molecular formula is C12H18N2. The zero-order chi connectivity index (χ0) is 9.97. The first kappa shape index (κ1) is 9.50. The summed E-state index contributed by atoms with van der Waals surface area (Å²) in [5.74, 6) is 0.801. The van der Waals surface area contributed by atoms with Gasteiger partial charge >= 0.3 is 0 Å². The van der Waals surface area contributed by atoms with Crippen molar-refractivity contribution in [3.8, 4) is 0 Å². The van der Waals surface area contributed by atoms with Crippen molar-refractivity contribution < 1.29 is 0 Å². The van der Waals surface area contributed by atoms with Gasteiger partial charge in [-0.3, -0.25) is 4.98 Å². The smallest absolute Gasteiger partial charge is 0.0603 e. The monoisotopic (exact) mass is 190 g/mol. The number of nitrogens with one attached hydrogen (secondary N) is 1. The molecule has 1 saturated carbocycles. The second kappa shape index (κ2) is 3.99. The van der Waals surface area contributed by atoms with E-state index in [0.717, 1.165) is 11.6 Å². The van der Waals surface area contributed by atoms with Gasteiger partial charge in [0.2, 0.25) is 0 Å². The van der Waals surface area contributed by atoms with Gasteiger partial charge in [0.15, 0.2) is 0 Å². The summed E-state index contributed by atoms with van der Waals surface area (Å²) >= 11 is 0. The first-order valence-electron chi connectivity index (χ1n) is 5.45. The molecule has 0 saturated heterocycles. The summed E-state index contributed by atoms with van der Waals surface area (Å²) in [5.41, 5.74) is 2.30. The Morgan fingerprint density at radius 1 is 1.43 bits per heavy atom. The van der Waals surface area contributed by atoms with Gasteiger partial charge in [-0.25, -0.2) is 0 Å². The highest BCUT2D eigenvalue weighted by Crippen LogP contribution is 2.28. The predicted molar refractivity (Wildman–Crippen MR) is 59.4 cm³/mol. The molecule has 1 aliphatic carbocycles. The van der Waals surface area contributed by atoms with Crippen LogP contribution in [-0.4, -0.2) is 11.0 Å². The number of rotatable bonds is 2. The molecule has 0 unspecified atom stereocenters. The summed E-state index contributed by atoms with van der Waals surface area (Å²) in [5, 5.41) is 3.60. The van der Waals surface area contributed by atoms with Crippen molar-refractivity contribution in [3.05, 3.63) is 24.0 Å². The Morgan fingerprint density at radius 2 is 2.29 bits per heavy atom. The van der Waals surface area contributed by atoms with Gasteiger partial charge in [0.25, 0.3) is 0 Å². The minimum absolute atomic E-state index is 0.651. The third-order valence-electron chi connectivity index (χ3n) is 3.21. The Bertz CT molecular complexity index is 309. The lowest BCUT2D eigenvalue weighted by Gasteiger charge is -2.19. The minimum Gasteiger partial charge on any atom is -0.381 e. The van der Waals surface area contributed by atoms with Crippen LogP contribution in [0.1, 0.15) is 31.9 Å². The maximum absolute atomic E-state index is 4.28. The zero-order valence-electron chi connectivity index (χ0n) is 8.96. The summed E-state index contributed by atoms with van der Waals surface area (Å²) in [6.07, 6.45) is 5.86. The number of hydrogen-bond donors (Lipinski definition) is 1. The van der Waals surface area contributed by atoms with Crippen molar-refractivity contribution in [2.24, 2.45) is 5.92 Å². The lowest BCUT2D eigenvalue weighted by molar-refractivity contribution is 0.556. The van der Waals surface area contributed by atoms with Crippen LogP contribution in [0.2, 0.25) is 0 Å². The van der Waals surface area contributed by atoms with Crippen LogP contribution in [-0.2, 0) is 0 Å². The molecule has 1 aromatic heterocycles. The molecule has 1 fully saturated rings. The Balaban J connectivity index is 2.07. The average Bonchev–Trinajstić information content (AvgIpc) is 2.56. The largest absolute Gasteiger partial charge is 0.381 e. The molecule has 0 spiro atoms. The SMILES string of the molecule is Cc1ncccc1N[C@H]1CCC[C@H]1C. The summed E-state index contributed by atoms with van der Waals surface area (Å²) in [7, 11) is 0. The van der Waals surface area contributed by atoms with Gasteiger partial charge in [-0.15, -0.1) is 0 Å². The molecule has 76 valence electrons. The van der Waals surface area contributed by atoms with Gasteiger partial charge in [-0.1, -0.05) is 13.3 Å². The van der Waals surface area contributed by atoms with Crippen molar-refractivity contribution >= 4 is 5.69 Å². The number of anilines is 1. The molecular weight excluding hydrogens is 172 g/mol. The van der Waals surface area contributed by atoms with Gasteiger partial charge in [-0.05, 0) is 37.8 Å².